The van der Waals surface area contributed by atoms with Gasteiger partial charge >= 0.3 is 6.18 Å². The van der Waals surface area contributed by atoms with Gasteiger partial charge in [0, 0.05) is 6.20 Å². The van der Waals surface area contributed by atoms with Crippen LogP contribution in [0.25, 0.3) is 0 Å². The van der Waals surface area contributed by atoms with Gasteiger partial charge in [0.25, 0.3) is 0 Å². The van der Waals surface area contributed by atoms with E-state index in [4.69, 9.17) is 27.3 Å². The van der Waals surface area contributed by atoms with E-state index in [1.807, 2.05) is 0 Å². The zero-order valence-corrected chi connectivity index (χ0v) is 11.0. The number of alkyl halides is 3. The molecule has 0 aliphatic rings. The van der Waals surface area contributed by atoms with E-state index in [0.29, 0.717) is 6.07 Å². The monoisotopic (exact) mass is 313 g/mol. The predicted octanol–water partition coefficient (Wildman–Crippen LogP) is 4.00. The lowest BCUT2D eigenvalue weighted by molar-refractivity contribution is -0.138. The summed E-state index contributed by atoms with van der Waals surface area (Å²) in [4.78, 5) is 3.73. The molecule has 8 heteroatoms. The quantitative estimate of drug-likeness (QED) is 0.909. The number of benzene rings is 1. The first-order valence-electron chi connectivity index (χ1n) is 5.51. The topological polar surface area (TPSA) is 71.9 Å². The second-order valence-corrected chi connectivity index (χ2v) is 4.41. The van der Waals surface area contributed by atoms with Crippen LogP contribution in [0.15, 0.2) is 30.5 Å². The molecule has 0 saturated heterocycles. The standard InChI is InChI=1S/C13H7ClF3N3O/c14-8-4-10(19)12(20-6-8)21-11-2-1-7(5-18)3-9(11)13(15,16)17/h1-4,6H,19H2. The average Bonchev–Trinajstić information content (AvgIpc) is 2.41. The molecule has 0 aliphatic carbocycles. The number of pyridine rings is 1. The zero-order valence-electron chi connectivity index (χ0n) is 10.3. The van der Waals surface area contributed by atoms with Gasteiger partial charge in [-0.15, -0.1) is 0 Å². The van der Waals surface area contributed by atoms with Crippen molar-refractivity contribution in [3.63, 3.8) is 0 Å². The van der Waals surface area contributed by atoms with Gasteiger partial charge in [-0.25, -0.2) is 4.98 Å². The van der Waals surface area contributed by atoms with Crippen LogP contribution in [0.2, 0.25) is 5.02 Å². The van der Waals surface area contributed by atoms with Crippen LogP contribution < -0.4 is 10.5 Å². The molecule has 2 aromatic rings. The molecule has 0 saturated carbocycles. The van der Waals surface area contributed by atoms with Gasteiger partial charge < -0.3 is 10.5 Å². The van der Waals surface area contributed by atoms with Crippen molar-refractivity contribution in [3.8, 4) is 17.7 Å². The average molecular weight is 314 g/mol. The number of anilines is 1. The number of aromatic nitrogens is 1. The SMILES string of the molecule is N#Cc1ccc(Oc2ncc(Cl)cc2N)c(C(F)(F)F)c1. The molecule has 0 amide bonds. The number of halogens is 4. The lowest BCUT2D eigenvalue weighted by atomic mass is 10.1. The highest BCUT2D eigenvalue weighted by atomic mass is 35.5. The van der Waals surface area contributed by atoms with Crippen molar-refractivity contribution in [1.29, 1.82) is 5.26 Å². The summed E-state index contributed by atoms with van der Waals surface area (Å²) in [6, 6.07) is 5.88. The van der Waals surface area contributed by atoms with Crippen molar-refractivity contribution < 1.29 is 17.9 Å². The number of nitrogen functional groups attached to an aromatic ring is 1. The minimum Gasteiger partial charge on any atom is -0.436 e. The Hall–Kier alpha value is -2.46. The molecule has 0 aliphatic heterocycles. The van der Waals surface area contributed by atoms with E-state index in [-0.39, 0.29) is 22.2 Å². The number of hydrogen-bond donors (Lipinski definition) is 1. The fourth-order valence-electron chi connectivity index (χ4n) is 1.54. The first kappa shape index (κ1) is 14.9. The summed E-state index contributed by atoms with van der Waals surface area (Å²) in [5.41, 5.74) is 4.36. The normalized spacial score (nSPS) is 11.0. The summed E-state index contributed by atoms with van der Waals surface area (Å²) < 4.78 is 44.0. The summed E-state index contributed by atoms with van der Waals surface area (Å²) in [5, 5.41) is 8.91. The third kappa shape index (κ3) is 3.35. The van der Waals surface area contributed by atoms with Crippen molar-refractivity contribution in [2.75, 3.05) is 5.73 Å². The van der Waals surface area contributed by atoms with Crippen LogP contribution in [0.4, 0.5) is 18.9 Å². The molecular weight excluding hydrogens is 307 g/mol. The van der Waals surface area contributed by atoms with Crippen LogP contribution in [0, 0.1) is 11.3 Å². The number of nitrogens with two attached hydrogens (primary N) is 1. The van der Waals surface area contributed by atoms with E-state index in [2.05, 4.69) is 4.98 Å². The first-order chi connectivity index (χ1) is 9.81. The number of nitriles is 1. The van der Waals surface area contributed by atoms with Crippen molar-refractivity contribution in [3.05, 3.63) is 46.6 Å². The minimum absolute atomic E-state index is 0.0000146. The Labute approximate surface area is 122 Å². The third-order valence-corrected chi connectivity index (χ3v) is 2.67. The van der Waals surface area contributed by atoms with Crippen molar-refractivity contribution >= 4 is 17.3 Å². The molecule has 21 heavy (non-hydrogen) atoms. The van der Waals surface area contributed by atoms with Crippen molar-refractivity contribution in [2.45, 2.75) is 6.18 Å². The Morgan fingerprint density at radius 2 is 2.00 bits per heavy atom. The Morgan fingerprint density at radius 1 is 1.29 bits per heavy atom. The largest absolute Gasteiger partial charge is 0.436 e. The zero-order chi connectivity index (χ0) is 15.6. The molecular formula is C13H7ClF3N3O. The van der Waals surface area contributed by atoms with Crippen LogP contribution in [0.3, 0.4) is 0 Å². The van der Waals surface area contributed by atoms with Crippen LogP contribution in [0.1, 0.15) is 11.1 Å². The molecule has 2 rings (SSSR count). The Kier molecular flexibility index (Phi) is 3.91. The maximum Gasteiger partial charge on any atom is 0.420 e. The fraction of sp³-hybridized carbons (Fsp3) is 0.0769. The molecule has 0 spiro atoms. The van der Waals surface area contributed by atoms with Crippen molar-refractivity contribution in [2.24, 2.45) is 0 Å². The second-order valence-electron chi connectivity index (χ2n) is 3.97. The van der Waals surface area contributed by atoms with E-state index < -0.39 is 17.5 Å². The van der Waals surface area contributed by atoms with Gasteiger partial charge in [-0.3, -0.25) is 0 Å². The lowest BCUT2D eigenvalue weighted by Crippen LogP contribution is -2.08. The highest BCUT2D eigenvalue weighted by molar-refractivity contribution is 6.30. The van der Waals surface area contributed by atoms with E-state index in [1.54, 1.807) is 6.07 Å². The summed E-state index contributed by atoms with van der Waals surface area (Å²) in [6.45, 7) is 0. The Morgan fingerprint density at radius 3 is 2.57 bits per heavy atom. The Bertz CT molecular complexity index is 726. The molecule has 4 nitrogen and oxygen atoms in total. The third-order valence-electron chi connectivity index (χ3n) is 2.47. The van der Waals surface area contributed by atoms with E-state index in [9.17, 15) is 13.2 Å². The molecule has 2 N–H and O–H groups in total. The summed E-state index contributed by atoms with van der Waals surface area (Å²) in [6.07, 6.45) is -3.48. The van der Waals surface area contributed by atoms with E-state index in [1.165, 1.54) is 18.3 Å². The molecule has 0 radical (unpaired) electrons. The Balaban J connectivity index is 2.47. The highest BCUT2D eigenvalue weighted by Crippen LogP contribution is 2.39. The molecule has 1 heterocycles. The maximum absolute atomic E-state index is 13.0. The number of hydrogen-bond acceptors (Lipinski definition) is 4. The van der Waals surface area contributed by atoms with Crippen LogP contribution in [0.5, 0.6) is 11.6 Å². The molecule has 1 aromatic carbocycles. The maximum atomic E-state index is 13.0. The van der Waals surface area contributed by atoms with Gasteiger partial charge in [-0.1, -0.05) is 11.6 Å². The van der Waals surface area contributed by atoms with Gasteiger partial charge in [0.2, 0.25) is 5.88 Å². The van der Waals surface area contributed by atoms with Gasteiger partial charge in [-0.05, 0) is 24.3 Å². The van der Waals surface area contributed by atoms with Gasteiger partial charge in [0.15, 0.2) is 0 Å². The second kappa shape index (κ2) is 5.50. The smallest absolute Gasteiger partial charge is 0.420 e. The van der Waals surface area contributed by atoms with E-state index in [0.717, 1.165) is 6.07 Å². The first-order valence-corrected chi connectivity index (χ1v) is 5.89. The molecule has 0 bridgehead atoms. The molecule has 1 aromatic heterocycles. The number of nitrogens with zero attached hydrogens (tertiary/aromatic N) is 2. The van der Waals surface area contributed by atoms with E-state index >= 15 is 0 Å². The van der Waals surface area contributed by atoms with Crippen LogP contribution >= 0.6 is 11.6 Å². The molecule has 108 valence electrons. The van der Waals surface area contributed by atoms with Gasteiger partial charge in [0.1, 0.15) is 5.75 Å². The predicted molar refractivity (Wildman–Crippen MR) is 69.9 cm³/mol. The lowest BCUT2D eigenvalue weighted by Gasteiger charge is -2.14. The van der Waals surface area contributed by atoms with Crippen molar-refractivity contribution in [1.82, 2.24) is 4.98 Å². The molecule has 0 atom stereocenters. The minimum atomic E-state index is -4.68. The summed E-state index contributed by atoms with van der Waals surface area (Å²) >= 11 is 5.65. The number of rotatable bonds is 2. The van der Waals surface area contributed by atoms with Crippen LogP contribution in [-0.4, -0.2) is 4.98 Å². The fourth-order valence-corrected chi connectivity index (χ4v) is 1.71. The van der Waals surface area contributed by atoms with Gasteiger partial charge in [0.05, 0.1) is 27.9 Å². The van der Waals surface area contributed by atoms with Crippen LogP contribution in [-0.2, 0) is 6.18 Å². The summed E-state index contributed by atoms with van der Waals surface area (Å²) in [7, 11) is 0. The molecule has 0 fully saturated rings. The summed E-state index contributed by atoms with van der Waals surface area (Å²) in [5.74, 6) is -0.697. The number of ether oxygens (including phenoxy) is 1. The molecule has 0 unspecified atom stereocenters. The van der Waals surface area contributed by atoms with Gasteiger partial charge in [-0.2, -0.15) is 18.4 Å². The highest BCUT2D eigenvalue weighted by Gasteiger charge is 2.35.